The molecule has 1 saturated carbocycles. The van der Waals surface area contributed by atoms with Gasteiger partial charge in [0.15, 0.2) is 0 Å². The molecule has 21 heavy (non-hydrogen) atoms. The average Bonchev–Trinajstić information content (AvgIpc) is 2.86. The Kier molecular flexibility index (Phi) is 6.30. The van der Waals surface area contributed by atoms with Gasteiger partial charge in [0.25, 0.3) is 0 Å². The van der Waals surface area contributed by atoms with Gasteiger partial charge in [-0.15, -0.1) is 0 Å². The number of amides is 2. The normalized spacial score (nSPS) is 27.8. The highest BCUT2D eigenvalue weighted by atomic mass is 16.3. The lowest BCUT2D eigenvalue weighted by atomic mass is 10.0. The fraction of sp³-hybridized carbons (Fsp3) is 0.938. The molecule has 1 saturated heterocycles. The van der Waals surface area contributed by atoms with Crippen LogP contribution in [0, 0.1) is 5.92 Å². The van der Waals surface area contributed by atoms with Crippen molar-refractivity contribution in [2.75, 3.05) is 33.2 Å². The molecule has 1 aliphatic heterocycles. The lowest BCUT2D eigenvalue weighted by Crippen LogP contribution is -2.49. The monoisotopic (exact) mass is 297 g/mol. The largest absolute Gasteiger partial charge is 0.393 e. The summed E-state index contributed by atoms with van der Waals surface area (Å²) in [6, 6.07) is 0.324. The first-order valence-electron chi connectivity index (χ1n) is 8.52. The van der Waals surface area contributed by atoms with Gasteiger partial charge in [0.1, 0.15) is 0 Å². The van der Waals surface area contributed by atoms with Crippen molar-refractivity contribution < 1.29 is 9.90 Å². The van der Waals surface area contributed by atoms with Gasteiger partial charge >= 0.3 is 6.03 Å². The number of aliphatic hydroxyl groups excluding tert-OH is 1. The molecule has 5 heteroatoms. The Morgan fingerprint density at radius 3 is 2.57 bits per heavy atom. The Morgan fingerprint density at radius 1 is 1.29 bits per heavy atom. The van der Waals surface area contributed by atoms with E-state index >= 15 is 0 Å². The number of rotatable bonds is 5. The summed E-state index contributed by atoms with van der Waals surface area (Å²) in [5.41, 5.74) is 0. The minimum atomic E-state index is -0.225. The summed E-state index contributed by atoms with van der Waals surface area (Å²) in [6.07, 6.45) is 6.07. The van der Waals surface area contributed by atoms with Gasteiger partial charge in [-0.1, -0.05) is 13.3 Å². The van der Waals surface area contributed by atoms with E-state index in [1.807, 2.05) is 7.05 Å². The molecule has 0 radical (unpaired) electrons. The summed E-state index contributed by atoms with van der Waals surface area (Å²) in [7, 11) is 1.84. The number of hydrogen-bond donors (Lipinski definition) is 2. The number of aliphatic hydroxyl groups is 1. The van der Waals surface area contributed by atoms with E-state index in [1.54, 1.807) is 4.90 Å². The molecule has 0 bridgehead atoms. The minimum absolute atomic E-state index is 0.0167. The molecule has 0 aromatic heterocycles. The number of hydrogen-bond acceptors (Lipinski definition) is 3. The summed E-state index contributed by atoms with van der Waals surface area (Å²) in [6.45, 7) is 6.22. The lowest BCUT2D eigenvalue weighted by Gasteiger charge is -2.33. The molecule has 2 aliphatic rings. The van der Waals surface area contributed by atoms with Crippen LogP contribution in [0.4, 0.5) is 4.79 Å². The van der Waals surface area contributed by atoms with Gasteiger partial charge in [0, 0.05) is 38.6 Å². The zero-order valence-corrected chi connectivity index (χ0v) is 13.6. The van der Waals surface area contributed by atoms with Gasteiger partial charge in [0.2, 0.25) is 0 Å². The number of likely N-dealkylation sites (tertiary alicyclic amines) is 1. The molecule has 2 atom stereocenters. The molecule has 2 N–H and O–H groups in total. The maximum absolute atomic E-state index is 12.2. The van der Waals surface area contributed by atoms with Gasteiger partial charge < -0.3 is 20.2 Å². The molecule has 2 rings (SSSR count). The molecule has 1 aliphatic carbocycles. The van der Waals surface area contributed by atoms with Crippen LogP contribution >= 0.6 is 0 Å². The van der Waals surface area contributed by atoms with Crippen molar-refractivity contribution >= 4 is 6.03 Å². The summed E-state index contributed by atoms with van der Waals surface area (Å²) in [5.74, 6) is 0.257. The number of nitrogens with one attached hydrogen (secondary N) is 1. The van der Waals surface area contributed by atoms with E-state index in [1.165, 1.54) is 13.0 Å². The number of carbonyl (C=O) groups is 1. The van der Waals surface area contributed by atoms with E-state index in [0.717, 1.165) is 45.2 Å². The first-order valence-corrected chi connectivity index (χ1v) is 8.52. The molecule has 0 aromatic carbocycles. The van der Waals surface area contributed by atoms with Crippen molar-refractivity contribution in [3.63, 3.8) is 0 Å². The Labute approximate surface area is 128 Å². The van der Waals surface area contributed by atoms with E-state index in [2.05, 4.69) is 17.1 Å². The van der Waals surface area contributed by atoms with E-state index in [-0.39, 0.29) is 18.1 Å². The van der Waals surface area contributed by atoms with Gasteiger partial charge in [-0.05, 0) is 38.6 Å². The third-order valence-corrected chi connectivity index (χ3v) is 4.93. The first-order chi connectivity index (χ1) is 10.1. The van der Waals surface area contributed by atoms with Crippen LogP contribution in [0.15, 0.2) is 0 Å². The molecule has 0 aromatic rings. The van der Waals surface area contributed by atoms with Crippen molar-refractivity contribution in [2.24, 2.45) is 5.92 Å². The van der Waals surface area contributed by atoms with Crippen molar-refractivity contribution in [1.29, 1.82) is 0 Å². The van der Waals surface area contributed by atoms with Gasteiger partial charge in [-0.25, -0.2) is 4.79 Å². The van der Waals surface area contributed by atoms with Crippen LogP contribution in [-0.2, 0) is 0 Å². The minimum Gasteiger partial charge on any atom is -0.393 e. The van der Waals surface area contributed by atoms with Gasteiger partial charge in [0.05, 0.1) is 6.10 Å². The van der Waals surface area contributed by atoms with Crippen LogP contribution in [-0.4, -0.2) is 66.3 Å². The first kappa shape index (κ1) is 16.6. The highest BCUT2D eigenvalue weighted by molar-refractivity contribution is 5.74. The Morgan fingerprint density at radius 2 is 2.00 bits per heavy atom. The molecule has 2 unspecified atom stereocenters. The summed E-state index contributed by atoms with van der Waals surface area (Å²) < 4.78 is 0. The number of urea groups is 1. The van der Waals surface area contributed by atoms with Crippen LogP contribution < -0.4 is 5.32 Å². The van der Waals surface area contributed by atoms with Crippen LogP contribution in [0.5, 0.6) is 0 Å². The van der Waals surface area contributed by atoms with E-state index in [0.29, 0.717) is 12.6 Å². The maximum atomic E-state index is 12.2. The summed E-state index contributed by atoms with van der Waals surface area (Å²) >= 11 is 0. The van der Waals surface area contributed by atoms with Crippen LogP contribution in [0.2, 0.25) is 0 Å². The van der Waals surface area contributed by atoms with Crippen LogP contribution in [0.3, 0.4) is 0 Å². The van der Waals surface area contributed by atoms with E-state index < -0.39 is 0 Å². The Hall–Kier alpha value is -0.810. The van der Waals surface area contributed by atoms with Crippen molar-refractivity contribution in [3.05, 3.63) is 0 Å². The predicted octanol–water partition coefficient (Wildman–Crippen LogP) is 1.66. The molecule has 1 heterocycles. The number of nitrogens with zero attached hydrogens (tertiary/aromatic N) is 2. The highest BCUT2D eigenvalue weighted by Crippen LogP contribution is 2.26. The molecule has 2 amide bonds. The van der Waals surface area contributed by atoms with E-state index in [9.17, 15) is 9.90 Å². The molecule has 122 valence electrons. The molecule has 2 fully saturated rings. The third kappa shape index (κ3) is 4.85. The fourth-order valence-corrected chi connectivity index (χ4v) is 3.57. The third-order valence-electron chi connectivity index (χ3n) is 4.93. The van der Waals surface area contributed by atoms with Crippen LogP contribution in [0.25, 0.3) is 0 Å². The summed E-state index contributed by atoms with van der Waals surface area (Å²) in [4.78, 5) is 16.5. The Bertz CT molecular complexity index is 329. The number of piperidine rings is 1. The topological polar surface area (TPSA) is 55.8 Å². The SMILES string of the molecule is CCCN1CCC(NC(=O)N(C)CC2CCCC2O)CC1. The zero-order valence-electron chi connectivity index (χ0n) is 13.6. The second-order valence-electron chi connectivity index (χ2n) is 6.70. The van der Waals surface area contributed by atoms with Crippen molar-refractivity contribution in [2.45, 2.75) is 57.6 Å². The quantitative estimate of drug-likeness (QED) is 0.811. The maximum Gasteiger partial charge on any atom is 0.317 e. The molecular formula is C16H31N3O2. The van der Waals surface area contributed by atoms with Crippen molar-refractivity contribution in [1.82, 2.24) is 15.1 Å². The molecule has 5 nitrogen and oxygen atoms in total. The molecule has 0 spiro atoms. The average molecular weight is 297 g/mol. The Balaban J connectivity index is 1.69. The highest BCUT2D eigenvalue weighted by Gasteiger charge is 2.28. The van der Waals surface area contributed by atoms with Gasteiger partial charge in [-0.2, -0.15) is 0 Å². The van der Waals surface area contributed by atoms with Crippen LogP contribution in [0.1, 0.15) is 45.4 Å². The van der Waals surface area contributed by atoms with Gasteiger partial charge in [-0.3, -0.25) is 0 Å². The lowest BCUT2D eigenvalue weighted by molar-refractivity contribution is 0.112. The standard InChI is InChI=1S/C16H31N3O2/c1-3-9-19-10-7-14(8-11-19)17-16(21)18(2)12-13-5-4-6-15(13)20/h13-15,20H,3-12H2,1-2H3,(H,17,21). The summed E-state index contributed by atoms with van der Waals surface area (Å²) in [5, 5.41) is 13.0. The predicted molar refractivity (Wildman–Crippen MR) is 84.3 cm³/mol. The van der Waals surface area contributed by atoms with E-state index in [4.69, 9.17) is 0 Å². The zero-order chi connectivity index (χ0) is 15.2. The molecular weight excluding hydrogens is 266 g/mol. The second-order valence-corrected chi connectivity index (χ2v) is 6.70. The smallest absolute Gasteiger partial charge is 0.317 e. The second kappa shape index (κ2) is 7.99. The fourth-order valence-electron chi connectivity index (χ4n) is 3.57. The van der Waals surface area contributed by atoms with Crippen molar-refractivity contribution in [3.8, 4) is 0 Å². The number of carbonyl (C=O) groups excluding carboxylic acids is 1.